The lowest BCUT2D eigenvalue weighted by Gasteiger charge is -2.23. The molecule has 0 bridgehead atoms. The molecule has 0 aromatic heterocycles. The van der Waals surface area contributed by atoms with Crippen molar-refractivity contribution < 1.29 is 26.4 Å². The predicted molar refractivity (Wildman–Crippen MR) is 87.9 cm³/mol. The quantitative estimate of drug-likeness (QED) is 0.798. The maximum atomic E-state index is 12.6. The van der Waals surface area contributed by atoms with Gasteiger partial charge in [0, 0.05) is 6.54 Å². The molecule has 1 saturated heterocycles. The Labute approximate surface area is 153 Å². The van der Waals surface area contributed by atoms with Crippen LogP contribution in [0.2, 0.25) is 10.0 Å². The minimum absolute atomic E-state index is 0.0771. The van der Waals surface area contributed by atoms with E-state index in [1.54, 1.807) is 5.32 Å². The van der Waals surface area contributed by atoms with Crippen molar-refractivity contribution >= 4 is 39.1 Å². The zero-order chi connectivity index (χ0) is 18.8. The Morgan fingerprint density at radius 1 is 1.28 bits per heavy atom. The van der Waals surface area contributed by atoms with Gasteiger partial charge >= 0.3 is 6.18 Å². The van der Waals surface area contributed by atoms with Crippen LogP contribution in [0.5, 0.6) is 0 Å². The topological polar surface area (TPSA) is 66.5 Å². The fraction of sp³-hybridized carbons (Fsp3) is 0.500. The summed E-state index contributed by atoms with van der Waals surface area (Å²) in [5, 5.41) is 2.20. The fourth-order valence-corrected chi connectivity index (χ4v) is 4.65. The molecule has 1 aromatic rings. The summed E-state index contributed by atoms with van der Waals surface area (Å²) in [6, 6.07) is 3.19. The van der Waals surface area contributed by atoms with Crippen molar-refractivity contribution in [2.75, 3.05) is 13.1 Å². The molecule has 0 aliphatic carbocycles. The van der Waals surface area contributed by atoms with Gasteiger partial charge in [0.1, 0.15) is 12.6 Å². The maximum Gasteiger partial charge on any atom is 0.405 e. The highest BCUT2D eigenvalue weighted by Gasteiger charge is 2.39. The average molecular weight is 419 g/mol. The fourth-order valence-electron chi connectivity index (χ4n) is 2.56. The standard InChI is InChI=1S/C14H15Cl2F3N2O3S/c15-10-4-3-9(6-11(10)16)7-25(23,24)21-5-1-2-12(21)13(22)20-8-14(17,18)19/h3-4,6,12H,1-2,5,7-8H2,(H,20,22). The van der Waals surface area contributed by atoms with Crippen molar-refractivity contribution in [2.45, 2.75) is 30.8 Å². The lowest BCUT2D eigenvalue weighted by atomic mass is 10.2. The van der Waals surface area contributed by atoms with Crippen LogP contribution >= 0.6 is 23.2 Å². The first-order valence-electron chi connectivity index (χ1n) is 7.27. The van der Waals surface area contributed by atoms with Gasteiger partial charge in [-0.2, -0.15) is 17.5 Å². The summed E-state index contributed by atoms with van der Waals surface area (Å²) in [7, 11) is -3.90. The molecule has 1 aromatic carbocycles. The summed E-state index contributed by atoms with van der Waals surface area (Å²) in [6.07, 6.45) is -3.99. The second-order valence-corrected chi connectivity index (χ2v) is 8.34. The summed E-state index contributed by atoms with van der Waals surface area (Å²) in [4.78, 5) is 11.9. The Hall–Kier alpha value is -1.03. The van der Waals surface area contributed by atoms with Gasteiger partial charge < -0.3 is 5.32 Å². The number of nitrogens with one attached hydrogen (secondary N) is 1. The molecule has 1 aliphatic rings. The van der Waals surface area contributed by atoms with Gasteiger partial charge in [0.2, 0.25) is 15.9 Å². The lowest BCUT2D eigenvalue weighted by Crippen LogP contribution is -2.48. The molecule has 1 atom stereocenters. The molecule has 1 N–H and O–H groups in total. The molecule has 1 unspecified atom stereocenters. The molecule has 25 heavy (non-hydrogen) atoms. The number of carbonyl (C=O) groups excluding carboxylic acids is 1. The Morgan fingerprint density at radius 3 is 2.56 bits per heavy atom. The van der Waals surface area contributed by atoms with Gasteiger partial charge in [0.05, 0.1) is 15.8 Å². The van der Waals surface area contributed by atoms with Crippen LogP contribution in [-0.2, 0) is 20.6 Å². The van der Waals surface area contributed by atoms with Crippen LogP contribution in [0.4, 0.5) is 13.2 Å². The van der Waals surface area contributed by atoms with E-state index in [1.807, 2.05) is 0 Å². The van der Waals surface area contributed by atoms with Gasteiger partial charge in [-0.1, -0.05) is 29.3 Å². The van der Waals surface area contributed by atoms with Crippen molar-refractivity contribution in [2.24, 2.45) is 0 Å². The molecule has 5 nitrogen and oxygen atoms in total. The van der Waals surface area contributed by atoms with E-state index in [0.717, 1.165) is 4.31 Å². The van der Waals surface area contributed by atoms with Crippen LogP contribution in [0.1, 0.15) is 18.4 Å². The molecule has 1 amide bonds. The number of amides is 1. The van der Waals surface area contributed by atoms with Crippen LogP contribution in [0.3, 0.4) is 0 Å². The lowest BCUT2D eigenvalue weighted by molar-refractivity contribution is -0.140. The van der Waals surface area contributed by atoms with E-state index in [-0.39, 0.29) is 23.0 Å². The zero-order valence-corrected chi connectivity index (χ0v) is 15.1. The minimum atomic E-state index is -4.56. The Bertz CT molecular complexity index is 756. The van der Waals surface area contributed by atoms with E-state index >= 15 is 0 Å². The van der Waals surface area contributed by atoms with E-state index in [2.05, 4.69) is 0 Å². The van der Waals surface area contributed by atoms with Gasteiger partial charge in [-0.15, -0.1) is 0 Å². The molecule has 1 fully saturated rings. The smallest absolute Gasteiger partial charge is 0.346 e. The molecule has 1 heterocycles. The van der Waals surface area contributed by atoms with E-state index in [4.69, 9.17) is 23.2 Å². The van der Waals surface area contributed by atoms with Crippen LogP contribution in [0.15, 0.2) is 18.2 Å². The summed E-state index contributed by atoms with van der Waals surface area (Å²) in [6.45, 7) is -1.42. The van der Waals surface area contributed by atoms with E-state index in [0.29, 0.717) is 12.0 Å². The molecular weight excluding hydrogens is 404 g/mol. The number of benzene rings is 1. The number of halogens is 5. The van der Waals surface area contributed by atoms with E-state index < -0.39 is 40.4 Å². The second-order valence-electron chi connectivity index (χ2n) is 5.61. The van der Waals surface area contributed by atoms with Crippen LogP contribution < -0.4 is 5.32 Å². The number of hydrogen-bond acceptors (Lipinski definition) is 3. The highest BCUT2D eigenvalue weighted by molar-refractivity contribution is 7.88. The molecule has 11 heteroatoms. The molecule has 0 spiro atoms. The van der Waals surface area contributed by atoms with Gasteiger partial charge in [-0.25, -0.2) is 8.42 Å². The Kier molecular flexibility index (Phi) is 6.24. The highest BCUT2D eigenvalue weighted by atomic mass is 35.5. The van der Waals surface area contributed by atoms with Crippen molar-refractivity contribution in [1.82, 2.24) is 9.62 Å². The summed E-state index contributed by atoms with van der Waals surface area (Å²) in [5.74, 6) is -1.38. The minimum Gasteiger partial charge on any atom is -0.346 e. The number of carbonyl (C=O) groups is 1. The van der Waals surface area contributed by atoms with Crippen molar-refractivity contribution in [3.8, 4) is 0 Å². The van der Waals surface area contributed by atoms with Gasteiger partial charge in [0.25, 0.3) is 0 Å². The Balaban J connectivity index is 2.11. The van der Waals surface area contributed by atoms with Gasteiger partial charge in [-0.05, 0) is 30.5 Å². The molecule has 140 valence electrons. The normalized spacial score (nSPS) is 19.2. The molecule has 0 radical (unpaired) electrons. The number of rotatable bonds is 5. The second kappa shape index (κ2) is 7.69. The maximum absolute atomic E-state index is 12.6. The first kappa shape index (κ1) is 20.3. The van der Waals surface area contributed by atoms with Crippen LogP contribution in [0.25, 0.3) is 0 Å². The monoisotopic (exact) mass is 418 g/mol. The number of hydrogen-bond donors (Lipinski definition) is 1. The van der Waals surface area contributed by atoms with Crippen molar-refractivity contribution in [3.05, 3.63) is 33.8 Å². The third kappa shape index (κ3) is 5.47. The molecular formula is C14H15Cl2F3N2O3S. The van der Waals surface area contributed by atoms with E-state index in [9.17, 15) is 26.4 Å². The van der Waals surface area contributed by atoms with Crippen molar-refractivity contribution in [1.29, 1.82) is 0 Å². The number of alkyl halides is 3. The highest BCUT2D eigenvalue weighted by Crippen LogP contribution is 2.27. The van der Waals surface area contributed by atoms with Gasteiger partial charge in [0.15, 0.2) is 0 Å². The summed E-state index contributed by atoms with van der Waals surface area (Å²) >= 11 is 11.6. The van der Waals surface area contributed by atoms with E-state index in [1.165, 1.54) is 18.2 Å². The first-order valence-corrected chi connectivity index (χ1v) is 9.64. The molecule has 0 saturated carbocycles. The zero-order valence-electron chi connectivity index (χ0n) is 12.8. The first-order chi connectivity index (χ1) is 11.5. The van der Waals surface area contributed by atoms with Crippen LogP contribution in [-0.4, -0.2) is 43.9 Å². The predicted octanol–water partition coefficient (Wildman–Crippen LogP) is 2.97. The van der Waals surface area contributed by atoms with Gasteiger partial charge in [-0.3, -0.25) is 4.79 Å². The molecule has 1 aliphatic heterocycles. The molecule has 2 rings (SSSR count). The Morgan fingerprint density at radius 2 is 1.96 bits per heavy atom. The summed E-state index contributed by atoms with van der Waals surface area (Å²) in [5.41, 5.74) is 0.371. The third-order valence-corrected chi connectivity index (χ3v) is 6.25. The third-order valence-electron chi connectivity index (χ3n) is 3.66. The van der Waals surface area contributed by atoms with Crippen LogP contribution in [0, 0.1) is 0 Å². The largest absolute Gasteiger partial charge is 0.405 e. The summed E-state index contributed by atoms with van der Waals surface area (Å²) < 4.78 is 62.7. The number of sulfonamides is 1. The van der Waals surface area contributed by atoms with Crippen molar-refractivity contribution in [3.63, 3.8) is 0 Å². The SMILES string of the molecule is O=C(NCC(F)(F)F)C1CCCN1S(=O)(=O)Cc1ccc(Cl)c(Cl)c1. The average Bonchev–Trinajstić information content (AvgIpc) is 2.98. The number of nitrogens with zero attached hydrogens (tertiary/aromatic N) is 1.